The fourth-order valence-corrected chi connectivity index (χ4v) is 2.35. The van der Waals surface area contributed by atoms with Crippen molar-refractivity contribution in [3.63, 3.8) is 0 Å². The van der Waals surface area contributed by atoms with E-state index in [1.807, 2.05) is 30.3 Å². The summed E-state index contributed by atoms with van der Waals surface area (Å²) in [6, 6.07) is 9.56. The Morgan fingerprint density at radius 3 is 3.00 bits per heavy atom. The second-order valence-electron chi connectivity index (χ2n) is 4.61. The average Bonchev–Trinajstić information content (AvgIpc) is 2.87. The molecule has 98 valence electrons. The molecule has 0 aliphatic carbocycles. The number of carboxylic acids is 1. The molecule has 2 aromatic rings. The predicted octanol–water partition coefficient (Wildman–Crippen LogP) is 1.75. The number of anilines is 1. The van der Waals surface area contributed by atoms with Crippen molar-refractivity contribution in [2.75, 3.05) is 18.5 Å². The molecule has 2 atom stereocenters. The molecule has 0 amide bonds. The van der Waals surface area contributed by atoms with Gasteiger partial charge in [-0.15, -0.1) is 0 Å². The van der Waals surface area contributed by atoms with Crippen molar-refractivity contribution < 1.29 is 14.6 Å². The molecule has 1 aliphatic heterocycles. The van der Waals surface area contributed by atoms with Gasteiger partial charge in [-0.25, -0.2) is 4.98 Å². The molecule has 1 aliphatic rings. The zero-order valence-electron chi connectivity index (χ0n) is 10.2. The van der Waals surface area contributed by atoms with Crippen LogP contribution in [0.5, 0.6) is 0 Å². The van der Waals surface area contributed by atoms with E-state index in [-0.39, 0.29) is 12.6 Å². The lowest BCUT2D eigenvalue weighted by Gasteiger charge is -2.17. The first-order valence-corrected chi connectivity index (χ1v) is 6.16. The number of carbonyl (C=O) groups is 1. The van der Waals surface area contributed by atoms with Crippen molar-refractivity contribution in [3.05, 3.63) is 36.5 Å². The van der Waals surface area contributed by atoms with Crippen molar-refractivity contribution in [3.8, 4) is 0 Å². The van der Waals surface area contributed by atoms with Crippen molar-refractivity contribution in [1.82, 2.24) is 4.98 Å². The summed E-state index contributed by atoms with van der Waals surface area (Å²) in [6.07, 6.45) is 1.72. The molecule has 1 aromatic heterocycles. The molecule has 1 aromatic carbocycles. The maximum Gasteiger partial charge on any atom is 0.311 e. The fourth-order valence-electron chi connectivity index (χ4n) is 2.35. The number of carboxylic acid groups (broad SMARTS) is 1. The number of aromatic nitrogens is 1. The number of aliphatic carboxylic acids is 1. The molecule has 2 unspecified atom stereocenters. The molecular weight excluding hydrogens is 244 g/mol. The summed E-state index contributed by atoms with van der Waals surface area (Å²) in [7, 11) is 0. The summed E-state index contributed by atoms with van der Waals surface area (Å²) in [4.78, 5) is 15.4. The number of rotatable bonds is 3. The molecule has 2 N–H and O–H groups in total. The molecule has 1 fully saturated rings. The summed E-state index contributed by atoms with van der Waals surface area (Å²) < 4.78 is 5.24. The lowest BCUT2D eigenvalue weighted by molar-refractivity contribution is -0.141. The van der Waals surface area contributed by atoms with Gasteiger partial charge in [0.05, 0.1) is 19.3 Å². The molecule has 0 saturated carbocycles. The van der Waals surface area contributed by atoms with Gasteiger partial charge in [0.25, 0.3) is 0 Å². The highest BCUT2D eigenvalue weighted by Gasteiger charge is 2.34. The number of benzene rings is 1. The minimum atomic E-state index is -0.838. The van der Waals surface area contributed by atoms with Crippen molar-refractivity contribution >= 4 is 22.6 Å². The van der Waals surface area contributed by atoms with Crippen LogP contribution in [0.25, 0.3) is 10.8 Å². The first-order chi connectivity index (χ1) is 9.25. The summed E-state index contributed by atoms with van der Waals surface area (Å²) in [5, 5.41) is 14.4. The molecule has 3 rings (SSSR count). The van der Waals surface area contributed by atoms with E-state index in [1.54, 1.807) is 6.20 Å². The van der Waals surface area contributed by atoms with Gasteiger partial charge in [0.1, 0.15) is 11.7 Å². The zero-order valence-corrected chi connectivity index (χ0v) is 10.2. The van der Waals surface area contributed by atoms with Crippen LogP contribution in [-0.4, -0.2) is 35.3 Å². The van der Waals surface area contributed by atoms with Gasteiger partial charge in [0.2, 0.25) is 0 Å². The molecular formula is C14H14N2O3. The van der Waals surface area contributed by atoms with Crippen LogP contribution in [0.1, 0.15) is 0 Å². The molecule has 2 heterocycles. The van der Waals surface area contributed by atoms with Crippen LogP contribution in [-0.2, 0) is 9.53 Å². The van der Waals surface area contributed by atoms with E-state index < -0.39 is 11.9 Å². The quantitative estimate of drug-likeness (QED) is 0.877. The Morgan fingerprint density at radius 1 is 1.32 bits per heavy atom. The number of ether oxygens (including phenoxy) is 1. The van der Waals surface area contributed by atoms with E-state index >= 15 is 0 Å². The first-order valence-electron chi connectivity index (χ1n) is 6.16. The van der Waals surface area contributed by atoms with Crippen molar-refractivity contribution in [2.24, 2.45) is 5.92 Å². The summed E-state index contributed by atoms with van der Waals surface area (Å²) in [5.74, 6) is -0.657. The molecule has 0 bridgehead atoms. The van der Waals surface area contributed by atoms with Crippen LogP contribution in [0.4, 0.5) is 5.82 Å². The van der Waals surface area contributed by atoms with Crippen LogP contribution in [0, 0.1) is 5.92 Å². The van der Waals surface area contributed by atoms with E-state index in [0.29, 0.717) is 12.4 Å². The smallest absolute Gasteiger partial charge is 0.311 e. The fraction of sp³-hybridized carbons (Fsp3) is 0.286. The monoisotopic (exact) mass is 258 g/mol. The van der Waals surface area contributed by atoms with E-state index in [1.165, 1.54) is 0 Å². The lowest BCUT2D eigenvalue weighted by Crippen LogP contribution is -2.33. The Kier molecular flexibility index (Phi) is 3.05. The third kappa shape index (κ3) is 2.24. The van der Waals surface area contributed by atoms with Gasteiger partial charge in [-0.2, -0.15) is 0 Å². The normalized spacial score (nSPS) is 22.5. The Morgan fingerprint density at radius 2 is 2.16 bits per heavy atom. The molecule has 19 heavy (non-hydrogen) atoms. The topological polar surface area (TPSA) is 71.5 Å². The largest absolute Gasteiger partial charge is 0.481 e. The van der Waals surface area contributed by atoms with Gasteiger partial charge in [-0.1, -0.05) is 24.3 Å². The Labute approximate surface area is 110 Å². The van der Waals surface area contributed by atoms with E-state index in [0.717, 1.165) is 10.8 Å². The van der Waals surface area contributed by atoms with Gasteiger partial charge in [0, 0.05) is 11.6 Å². The molecule has 5 heteroatoms. The van der Waals surface area contributed by atoms with Gasteiger partial charge >= 0.3 is 5.97 Å². The van der Waals surface area contributed by atoms with Gasteiger partial charge in [-0.05, 0) is 11.5 Å². The third-order valence-corrected chi connectivity index (χ3v) is 3.39. The predicted molar refractivity (Wildman–Crippen MR) is 71.1 cm³/mol. The number of nitrogens with one attached hydrogen (secondary N) is 1. The number of pyridine rings is 1. The van der Waals surface area contributed by atoms with Crippen LogP contribution < -0.4 is 5.32 Å². The van der Waals surface area contributed by atoms with E-state index in [4.69, 9.17) is 9.84 Å². The lowest BCUT2D eigenvalue weighted by atomic mass is 10.0. The average molecular weight is 258 g/mol. The Balaban J connectivity index is 1.91. The van der Waals surface area contributed by atoms with E-state index in [2.05, 4.69) is 10.3 Å². The number of hydrogen-bond acceptors (Lipinski definition) is 4. The van der Waals surface area contributed by atoms with Crippen LogP contribution in [0.15, 0.2) is 36.5 Å². The third-order valence-electron chi connectivity index (χ3n) is 3.39. The molecule has 5 nitrogen and oxygen atoms in total. The zero-order chi connectivity index (χ0) is 13.2. The Hall–Kier alpha value is -2.14. The maximum atomic E-state index is 11.1. The van der Waals surface area contributed by atoms with Gasteiger partial charge < -0.3 is 15.2 Å². The van der Waals surface area contributed by atoms with Crippen LogP contribution in [0.3, 0.4) is 0 Å². The highest BCUT2D eigenvalue weighted by atomic mass is 16.5. The first kappa shape index (κ1) is 11.9. The minimum Gasteiger partial charge on any atom is -0.481 e. The highest BCUT2D eigenvalue weighted by Crippen LogP contribution is 2.24. The summed E-state index contributed by atoms with van der Waals surface area (Å²) >= 11 is 0. The van der Waals surface area contributed by atoms with E-state index in [9.17, 15) is 4.79 Å². The molecule has 0 radical (unpaired) electrons. The molecule has 1 saturated heterocycles. The SMILES string of the molecule is O=C(O)C1COCC1Nc1nccc2ccccc12. The second kappa shape index (κ2) is 4.85. The number of nitrogens with zero attached hydrogens (tertiary/aromatic N) is 1. The maximum absolute atomic E-state index is 11.1. The van der Waals surface area contributed by atoms with Gasteiger partial charge in [-0.3, -0.25) is 4.79 Å². The Bertz CT molecular complexity index is 609. The second-order valence-corrected chi connectivity index (χ2v) is 4.61. The van der Waals surface area contributed by atoms with Crippen LogP contribution >= 0.6 is 0 Å². The standard InChI is InChI=1S/C14H14N2O3/c17-14(18)11-7-19-8-12(11)16-13-10-4-2-1-3-9(10)5-6-15-13/h1-6,11-12H,7-8H2,(H,15,16)(H,17,18). The van der Waals surface area contributed by atoms with Crippen molar-refractivity contribution in [2.45, 2.75) is 6.04 Å². The number of hydrogen-bond donors (Lipinski definition) is 2. The van der Waals surface area contributed by atoms with Gasteiger partial charge in [0.15, 0.2) is 0 Å². The van der Waals surface area contributed by atoms with Crippen LogP contribution in [0.2, 0.25) is 0 Å². The highest BCUT2D eigenvalue weighted by molar-refractivity contribution is 5.91. The summed E-state index contributed by atoms with van der Waals surface area (Å²) in [5.41, 5.74) is 0. The number of fused-ring (bicyclic) bond motifs is 1. The molecule has 0 spiro atoms. The minimum absolute atomic E-state index is 0.240. The summed E-state index contributed by atoms with van der Waals surface area (Å²) in [6.45, 7) is 0.639. The van der Waals surface area contributed by atoms with Crippen molar-refractivity contribution in [1.29, 1.82) is 0 Å².